The molecule has 0 spiro atoms. The maximum absolute atomic E-state index is 6.36. The minimum absolute atomic E-state index is 0.112. The molecule has 6 heteroatoms. The molecule has 28 heavy (non-hydrogen) atoms. The number of ether oxygens (including phenoxy) is 2. The maximum atomic E-state index is 6.36. The highest BCUT2D eigenvalue weighted by Crippen LogP contribution is 2.48. The van der Waals surface area contributed by atoms with Crippen molar-refractivity contribution in [2.24, 2.45) is 5.10 Å². The first-order valence-corrected chi connectivity index (χ1v) is 9.88. The van der Waals surface area contributed by atoms with Gasteiger partial charge in [-0.05, 0) is 42.5 Å². The van der Waals surface area contributed by atoms with Crippen molar-refractivity contribution < 1.29 is 9.47 Å². The molecule has 1 aromatic heterocycles. The summed E-state index contributed by atoms with van der Waals surface area (Å²) in [5, 5.41) is 7.04. The number of benzene rings is 2. The monoisotopic (exact) mass is 435 g/mol. The number of methoxy groups -OCH3 is 1. The fraction of sp³-hybridized carbons (Fsp3) is 0.182. The number of hydrogen-bond donors (Lipinski definition) is 0. The van der Waals surface area contributed by atoms with Crippen LogP contribution < -0.4 is 9.47 Å². The molecule has 2 aromatic carbocycles. The predicted molar refractivity (Wildman–Crippen MR) is 110 cm³/mol. The topological polar surface area (TPSA) is 47.0 Å². The average molecular weight is 436 g/mol. The molecular formula is C22H18BrN3O2. The van der Waals surface area contributed by atoms with Crippen LogP contribution in [0.25, 0.3) is 0 Å². The van der Waals surface area contributed by atoms with Gasteiger partial charge in [0.2, 0.25) is 6.23 Å². The van der Waals surface area contributed by atoms with Crippen LogP contribution in [0.15, 0.2) is 76.6 Å². The van der Waals surface area contributed by atoms with E-state index in [9.17, 15) is 0 Å². The molecule has 0 saturated heterocycles. The Bertz CT molecular complexity index is 1050. The van der Waals surface area contributed by atoms with Gasteiger partial charge in [0.25, 0.3) is 0 Å². The largest absolute Gasteiger partial charge is 0.497 e. The highest BCUT2D eigenvalue weighted by molar-refractivity contribution is 9.10. The second kappa shape index (κ2) is 6.95. The molecule has 3 heterocycles. The van der Waals surface area contributed by atoms with Gasteiger partial charge in [0, 0.05) is 40.0 Å². The molecule has 2 aliphatic rings. The smallest absolute Gasteiger partial charge is 0.213 e. The molecule has 5 nitrogen and oxygen atoms in total. The number of fused-ring (bicyclic) bond motifs is 3. The predicted octanol–water partition coefficient (Wildman–Crippen LogP) is 5.10. The highest BCUT2D eigenvalue weighted by atomic mass is 79.9. The number of rotatable bonds is 3. The van der Waals surface area contributed by atoms with Crippen molar-refractivity contribution in [3.8, 4) is 11.5 Å². The van der Waals surface area contributed by atoms with Gasteiger partial charge in [-0.25, -0.2) is 5.01 Å². The van der Waals surface area contributed by atoms with Gasteiger partial charge in [-0.2, -0.15) is 5.10 Å². The third-order valence-corrected chi connectivity index (χ3v) is 5.64. The van der Waals surface area contributed by atoms with E-state index in [1.165, 1.54) is 0 Å². The zero-order valence-corrected chi connectivity index (χ0v) is 16.8. The number of hydrazone groups is 1. The van der Waals surface area contributed by atoms with Crippen LogP contribution in [0.4, 0.5) is 0 Å². The Balaban J connectivity index is 1.60. The SMILES string of the molecule is COc1cccc(C2=NN3[C@H](C2)c2cc(Br)ccc2O[C@@H]3c2ccncc2)c1. The second-order valence-corrected chi connectivity index (χ2v) is 7.73. The van der Waals surface area contributed by atoms with Gasteiger partial charge in [0.1, 0.15) is 11.5 Å². The Morgan fingerprint density at radius 2 is 1.96 bits per heavy atom. The first-order chi connectivity index (χ1) is 13.7. The molecule has 2 atom stereocenters. The number of halogens is 1. The summed E-state index contributed by atoms with van der Waals surface area (Å²) in [7, 11) is 1.68. The van der Waals surface area contributed by atoms with Crippen molar-refractivity contribution in [3.05, 3.63) is 88.2 Å². The van der Waals surface area contributed by atoms with E-state index < -0.39 is 0 Å². The molecule has 0 fully saturated rings. The van der Waals surface area contributed by atoms with E-state index in [1.807, 2.05) is 42.5 Å². The Labute approximate surface area is 171 Å². The van der Waals surface area contributed by atoms with Gasteiger partial charge in [-0.1, -0.05) is 28.1 Å². The summed E-state index contributed by atoms with van der Waals surface area (Å²) in [6, 6.07) is 18.3. The van der Waals surface area contributed by atoms with Crippen LogP contribution in [-0.2, 0) is 0 Å². The first kappa shape index (κ1) is 17.3. The molecule has 0 aliphatic carbocycles. The molecule has 0 unspecified atom stereocenters. The number of pyridine rings is 1. The molecule has 3 aromatic rings. The Morgan fingerprint density at radius 3 is 2.79 bits per heavy atom. The van der Waals surface area contributed by atoms with E-state index in [2.05, 4.69) is 38.1 Å². The van der Waals surface area contributed by atoms with Crippen molar-refractivity contribution >= 4 is 21.6 Å². The summed E-state index contributed by atoms with van der Waals surface area (Å²) < 4.78 is 12.8. The van der Waals surface area contributed by atoms with Crippen molar-refractivity contribution in [2.75, 3.05) is 7.11 Å². The van der Waals surface area contributed by atoms with Gasteiger partial charge in [0.15, 0.2) is 0 Å². The minimum atomic E-state index is -0.287. The lowest BCUT2D eigenvalue weighted by Crippen LogP contribution is -2.33. The fourth-order valence-electron chi connectivity index (χ4n) is 3.78. The summed E-state index contributed by atoms with van der Waals surface area (Å²) in [5.74, 6) is 1.73. The third kappa shape index (κ3) is 2.94. The molecule has 0 N–H and O–H groups in total. The quantitative estimate of drug-likeness (QED) is 0.574. The summed E-state index contributed by atoms with van der Waals surface area (Å²) in [4.78, 5) is 4.13. The second-order valence-electron chi connectivity index (χ2n) is 6.81. The average Bonchev–Trinajstić information content (AvgIpc) is 3.20. The van der Waals surface area contributed by atoms with Crippen molar-refractivity contribution in [1.82, 2.24) is 9.99 Å². The lowest BCUT2D eigenvalue weighted by molar-refractivity contribution is -0.0191. The van der Waals surface area contributed by atoms with Crippen LogP contribution >= 0.6 is 15.9 Å². The van der Waals surface area contributed by atoms with E-state index in [0.717, 1.165) is 44.8 Å². The third-order valence-electron chi connectivity index (χ3n) is 5.15. The summed E-state index contributed by atoms with van der Waals surface area (Å²) in [5.41, 5.74) is 4.27. The fourth-order valence-corrected chi connectivity index (χ4v) is 4.16. The molecule has 0 radical (unpaired) electrons. The van der Waals surface area contributed by atoms with Crippen molar-refractivity contribution in [1.29, 1.82) is 0 Å². The van der Waals surface area contributed by atoms with Crippen LogP contribution in [0.3, 0.4) is 0 Å². The molecule has 0 amide bonds. The molecule has 0 bridgehead atoms. The van der Waals surface area contributed by atoms with Crippen molar-refractivity contribution in [2.45, 2.75) is 18.7 Å². The van der Waals surface area contributed by atoms with Gasteiger partial charge in [-0.3, -0.25) is 4.98 Å². The summed E-state index contributed by atoms with van der Waals surface area (Å²) in [6.07, 6.45) is 4.09. The van der Waals surface area contributed by atoms with Crippen LogP contribution in [-0.4, -0.2) is 22.8 Å². The van der Waals surface area contributed by atoms with Crippen LogP contribution in [0.1, 0.15) is 35.4 Å². The van der Waals surface area contributed by atoms with Crippen molar-refractivity contribution in [3.63, 3.8) is 0 Å². The van der Waals surface area contributed by atoms with Crippen LogP contribution in [0, 0.1) is 0 Å². The summed E-state index contributed by atoms with van der Waals surface area (Å²) >= 11 is 3.59. The number of hydrogen-bond acceptors (Lipinski definition) is 5. The maximum Gasteiger partial charge on any atom is 0.213 e. The Hall–Kier alpha value is -2.86. The standard InChI is InChI=1S/C22H18BrN3O2/c1-27-17-4-2-3-15(11-17)19-13-20-18-12-16(23)5-6-21(18)28-22(26(20)25-19)14-7-9-24-10-8-14/h2-12,20,22H,13H2,1H3/t20-,22-/m1/s1. The molecular weight excluding hydrogens is 418 g/mol. The zero-order valence-electron chi connectivity index (χ0n) is 15.2. The zero-order chi connectivity index (χ0) is 19.1. The number of aromatic nitrogens is 1. The van der Waals surface area contributed by atoms with E-state index in [-0.39, 0.29) is 12.3 Å². The molecule has 2 aliphatic heterocycles. The molecule has 5 rings (SSSR count). The Morgan fingerprint density at radius 1 is 1.11 bits per heavy atom. The number of nitrogens with zero attached hydrogens (tertiary/aromatic N) is 3. The molecule has 140 valence electrons. The van der Waals surface area contributed by atoms with E-state index in [4.69, 9.17) is 14.6 Å². The normalized spacial score (nSPS) is 20.1. The van der Waals surface area contributed by atoms with Crippen LogP contribution in [0.5, 0.6) is 11.5 Å². The van der Waals surface area contributed by atoms with E-state index in [0.29, 0.717) is 0 Å². The van der Waals surface area contributed by atoms with Gasteiger partial charge in [-0.15, -0.1) is 0 Å². The summed E-state index contributed by atoms with van der Waals surface area (Å²) in [6.45, 7) is 0. The van der Waals surface area contributed by atoms with E-state index >= 15 is 0 Å². The lowest BCUT2D eigenvalue weighted by atomic mass is 9.96. The first-order valence-electron chi connectivity index (χ1n) is 9.09. The minimum Gasteiger partial charge on any atom is -0.497 e. The van der Waals surface area contributed by atoms with Gasteiger partial charge >= 0.3 is 0 Å². The van der Waals surface area contributed by atoms with Gasteiger partial charge < -0.3 is 9.47 Å². The molecule has 0 saturated carbocycles. The van der Waals surface area contributed by atoms with Crippen LogP contribution in [0.2, 0.25) is 0 Å². The lowest BCUT2D eigenvalue weighted by Gasteiger charge is -2.38. The van der Waals surface area contributed by atoms with Gasteiger partial charge in [0.05, 0.1) is 18.9 Å². The van der Waals surface area contributed by atoms with E-state index in [1.54, 1.807) is 19.5 Å². The highest BCUT2D eigenvalue weighted by Gasteiger charge is 2.41. The Kier molecular flexibility index (Phi) is 4.28.